The van der Waals surface area contributed by atoms with Crippen molar-refractivity contribution in [2.75, 3.05) is 17.7 Å². The number of fused-ring (bicyclic) bond motifs is 1. The van der Waals surface area contributed by atoms with Crippen molar-refractivity contribution < 1.29 is 22.7 Å². The number of methoxy groups -OCH3 is 1. The third-order valence-corrected chi connectivity index (χ3v) is 5.27. The maximum Gasteiger partial charge on any atom is 0.410 e. The lowest BCUT2D eigenvalue weighted by atomic mass is 9.97. The van der Waals surface area contributed by atoms with Gasteiger partial charge < -0.3 is 15.4 Å². The zero-order valence-corrected chi connectivity index (χ0v) is 17.0. The zero-order valence-electron chi connectivity index (χ0n) is 16.3. The second-order valence-corrected chi connectivity index (χ2v) is 7.52. The average Bonchev–Trinajstić information content (AvgIpc) is 3.18. The first-order valence-electron chi connectivity index (χ1n) is 9.38. The Labute approximate surface area is 181 Å². The van der Waals surface area contributed by atoms with Gasteiger partial charge in [0.2, 0.25) is 0 Å². The van der Waals surface area contributed by atoms with Crippen LogP contribution in [0.5, 0.6) is 5.75 Å². The summed E-state index contributed by atoms with van der Waals surface area (Å²) in [5.41, 5.74) is 0.973. The molecule has 0 spiro atoms. The van der Waals surface area contributed by atoms with Crippen LogP contribution in [0.4, 0.5) is 24.7 Å². The molecule has 1 aliphatic rings. The van der Waals surface area contributed by atoms with E-state index in [0.717, 1.165) is 4.68 Å². The first kappa shape index (κ1) is 21.0. The number of rotatable bonds is 4. The Balaban J connectivity index is 1.64. The summed E-state index contributed by atoms with van der Waals surface area (Å²) in [7, 11) is 1.49. The number of carbonyl (C=O) groups is 1. The molecule has 0 unspecified atom stereocenters. The molecule has 2 aromatic carbocycles. The maximum absolute atomic E-state index is 13.8. The van der Waals surface area contributed by atoms with Crippen molar-refractivity contribution in [2.45, 2.75) is 24.7 Å². The molecule has 3 aromatic rings. The fourth-order valence-corrected chi connectivity index (χ4v) is 3.62. The van der Waals surface area contributed by atoms with E-state index in [2.05, 4.69) is 15.7 Å². The minimum Gasteiger partial charge on any atom is -0.497 e. The fraction of sp³-hybridized carbons (Fsp3) is 0.238. The number of amides is 1. The van der Waals surface area contributed by atoms with Crippen LogP contribution in [0.25, 0.3) is 0 Å². The molecule has 0 bridgehead atoms. The monoisotopic (exact) mass is 450 g/mol. The molecular formula is C21H18ClF3N4O2. The minimum atomic E-state index is -4.54. The van der Waals surface area contributed by atoms with Gasteiger partial charge in [-0.15, -0.1) is 0 Å². The van der Waals surface area contributed by atoms with E-state index in [1.165, 1.54) is 13.2 Å². The smallest absolute Gasteiger partial charge is 0.410 e. The number of aromatic nitrogens is 2. The summed E-state index contributed by atoms with van der Waals surface area (Å²) in [6.07, 6.45) is -4.81. The molecule has 1 aromatic heterocycles. The van der Waals surface area contributed by atoms with Crippen molar-refractivity contribution in [3.63, 3.8) is 0 Å². The number of benzene rings is 2. The quantitative estimate of drug-likeness (QED) is 0.554. The molecule has 0 fully saturated rings. The van der Waals surface area contributed by atoms with E-state index in [9.17, 15) is 18.0 Å². The zero-order chi connectivity index (χ0) is 22.2. The number of nitrogens with zero attached hydrogens (tertiary/aromatic N) is 2. The number of alkyl halides is 3. The molecule has 4 rings (SSSR count). The van der Waals surface area contributed by atoms with Gasteiger partial charge in [0.25, 0.3) is 5.91 Å². The van der Waals surface area contributed by atoms with Crippen LogP contribution in [0.1, 0.15) is 34.6 Å². The highest BCUT2D eigenvalue weighted by Gasteiger charge is 2.46. The van der Waals surface area contributed by atoms with Gasteiger partial charge in [0.15, 0.2) is 11.7 Å². The SMILES string of the molecule is COc1cccc([C@H]2C[C@@H](C(F)(F)F)n3nc(C(=O)Nc4ccc(Cl)cc4)cc3N2)c1. The minimum absolute atomic E-state index is 0.114. The molecule has 0 radical (unpaired) electrons. The Morgan fingerprint density at radius 1 is 1.23 bits per heavy atom. The van der Waals surface area contributed by atoms with Gasteiger partial charge in [0.1, 0.15) is 11.6 Å². The largest absolute Gasteiger partial charge is 0.497 e. The summed E-state index contributed by atoms with van der Waals surface area (Å²) in [6.45, 7) is 0. The van der Waals surface area contributed by atoms with Gasteiger partial charge in [-0.2, -0.15) is 18.3 Å². The van der Waals surface area contributed by atoms with Gasteiger partial charge in [-0.25, -0.2) is 4.68 Å². The average molecular weight is 451 g/mol. The highest BCUT2D eigenvalue weighted by molar-refractivity contribution is 6.30. The van der Waals surface area contributed by atoms with Crippen molar-refractivity contribution in [1.29, 1.82) is 0 Å². The molecule has 6 nitrogen and oxygen atoms in total. The predicted molar refractivity (Wildman–Crippen MR) is 111 cm³/mol. The second kappa shape index (κ2) is 8.14. The fourth-order valence-electron chi connectivity index (χ4n) is 3.49. The summed E-state index contributed by atoms with van der Waals surface area (Å²) in [4.78, 5) is 12.6. The van der Waals surface area contributed by atoms with Crippen LogP contribution in [0.3, 0.4) is 0 Å². The molecule has 2 N–H and O–H groups in total. The van der Waals surface area contributed by atoms with E-state index in [-0.39, 0.29) is 17.9 Å². The van der Waals surface area contributed by atoms with Gasteiger partial charge >= 0.3 is 6.18 Å². The number of ether oxygens (including phenoxy) is 1. The number of nitrogens with one attached hydrogen (secondary N) is 2. The molecule has 1 amide bonds. The predicted octanol–water partition coefficient (Wildman–Crippen LogP) is 5.46. The van der Waals surface area contributed by atoms with E-state index in [4.69, 9.17) is 16.3 Å². The van der Waals surface area contributed by atoms with Crippen molar-refractivity contribution in [2.24, 2.45) is 0 Å². The molecule has 2 heterocycles. The number of hydrogen-bond donors (Lipinski definition) is 2. The normalized spacial score (nSPS) is 18.1. The lowest BCUT2D eigenvalue weighted by Crippen LogP contribution is -2.35. The highest BCUT2D eigenvalue weighted by atomic mass is 35.5. The van der Waals surface area contributed by atoms with Crippen molar-refractivity contribution in [3.05, 3.63) is 70.9 Å². The topological polar surface area (TPSA) is 68.2 Å². The van der Waals surface area contributed by atoms with Crippen LogP contribution in [0.2, 0.25) is 5.02 Å². The molecule has 0 saturated heterocycles. The molecule has 1 aliphatic heterocycles. The Hall–Kier alpha value is -3.20. The van der Waals surface area contributed by atoms with Crippen LogP contribution in [0, 0.1) is 0 Å². The van der Waals surface area contributed by atoms with Crippen LogP contribution in [0.15, 0.2) is 54.6 Å². The molecule has 0 aliphatic carbocycles. The number of hydrogen-bond acceptors (Lipinski definition) is 4. The maximum atomic E-state index is 13.8. The highest BCUT2D eigenvalue weighted by Crippen LogP contribution is 2.44. The van der Waals surface area contributed by atoms with E-state index < -0.39 is 24.2 Å². The van der Waals surface area contributed by atoms with E-state index in [0.29, 0.717) is 22.0 Å². The summed E-state index contributed by atoms with van der Waals surface area (Å²) < 4.78 is 47.5. The van der Waals surface area contributed by atoms with Crippen molar-refractivity contribution >= 4 is 29.0 Å². The molecule has 31 heavy (non-hydrogen) atoms. The Morgan fingerprint density at radius 2 is 1.97 bits per heavy atom. The van der Waals surface area contributed by atoms with Crippen LogP contribution in [-0.4, -0.2) is 29.0 Å². The van der Waals surface area contributed by atoms with Gasteiger partial charge in [-0.3, -0.25) is 4.79 Å². The molecule has 0 saturated carbocycles. The number of anilines is 2. The second-order valence-electron chi connectivity index (χ2n) is 7.09. The van der Waals surface area contributed by atoms with E-state index >= 15 is 0 Å². The molecule has 2 atom stereocenters. The first-order valence-corrected chi connectivity index (χ1v) is 9.76. The Kier molecular flexibility index (Phi) is 5.53. The van der Waals surface area contributed by atoms with Crippen molar-refractivity contribution in [3.8, 4) is 5.75 Å². The summed E-state index contributed by atoms with van der Waals surface area (Å²) in [5, 5.41) is 10.1. The summed E-state index contributed by atoms with van der Waals surface area (Å²) in [6, 6.07) is 12.0. The van der Waals surface area contributed by atoms with E-state index in [1.54, 1.807) is 48.5 Å². The standard InChI is InChI=1S/C21H18ClF3N4O2/c1-31-15-4-2-3-12(9-15)16-10-18(21(23,24)25)29-19(27-16)11-17(28-29)20(30)26-14-7-5-13(22)6-8-14/h2-9,11,16,18,27H,10H2,1H3,(H,26,30)/t16-,18+/m1/s1. The lowest BCUT2D eigenvalue weighted by molar-refractivity contribution is -0.173. The van der Waals surface area contributed by atoms with E-state index in [1.807, 2.05) is 0 Å². The first-order chi connectivity index (χ1) is 14.7. The number of halogens is 4. The molecular weight excluding hydrogens is 433 g/mol. The third kappa shape index (κ3) is 4.46. The van der Waals surface area contributed by atoms with Gasteiger partial charge in [0, 0.05) is 23.2 Å². The summed E-state index contributed by atoms with van der Waals surface area (Å²) >= 11 is 5.82. The molecule has 10 heteroatoms. The van der Waals surface area contributed by atoms with Gasteiger partial charge in [-0.1, -0.05) is 23.7 Å². The lowest BCUT2D eigenvalue weighted by Gasteiger charge is -2.33. The van der Waals surface area contributed by atoms with Crippen LogP contribution >= 0.6 is 11.6 Å². The van der Waals surface area contributed by atoms with Crippen LogP contribution < -0.4 is 15.4 Å². The third-order valence-electron chi connectivity index (χ3n) is 5.02. The summed E-state index contributed by atoms with van der Waals surface area (Å²) in [5.74, 6) is 0.0394. The van der Waals surface area contributed by atoms with Gasteiger partial charge in [-0.05, 0) is 42.0 Å². The van der Waals surface area contributed by atoms with Crippen molar-refractivity contribution in [1.82, 2.24) is 9.78 Å². The molecule has 162 valence electrons. The Morgan fingerprint density at radius 3 is 2.65 bits per heavy atom. The Bertz CT molecular complexity index is 1100. The van der Waals surface area contributed by atoms with Gasteiger partial charge in [0.05, 0.1) is 13.2 Å². The van der Waals surface area contributed by atoms with Crippen LogP contribution in [-0.2, 0) is 0 Å². The number of carbonyl (C=O) groups excluding carboxylic acids is 1.